The fourth-order valence-corrected chi connectivity index (χ4v) is 4.49. The van der Waals surface area contributed by atoms with Gasteiger partial charge in [-0.3, -0.25) is 20.2 Å². The molecule has 134 valence electrons. The number of esters is 1. The topological polar surface area (TPSA) is 81.5 Å². The first kappa shape index (κ1) is 17.2. The molecule has 2 aliphatic rings. The van der Waals surface area contributed by atoms with E-state index in [0.29, 0.717) is 6.42 Å². The van der Waals surface area contributed by atoms with Gasteiger partial charge in [-0.05, 0) is 23.3 Å². The van der Waals surface area contributed by atoms with Gasteiger partial charge in [0.15, 0.2) is 0 Å². The number of carbonyl (C=O) groups excluding carboxylic acids is 1. The first-order chi connectivity index (χ1) is 12.5. The molecular formula is C19H17BrN2O4. The quantitative estimate of drug-likeness (QED) is 0.471. The first-order valence-corrected chi connectivity index (χ1v) is 9.21. The van der Waals surface area contributed by atoms with Crippen molar-refractivity contribution in [2.75, 3.05) is 6.61 Å². The minimum Gasteiger partial charge on any atom is -0.464 e. The molecule has 0 radical (unpaired) electrons. The van der Waals surface area contributed by atoms with Gasteiger partial charge in [-0.1, -0.05) is 58.4 Å². The van der Waals surface area contributed by atoms with E-state index in [9.17, 15) is 14.9 Å². The van der Waals surface area contributed by atoms with Crippen molar-refractivity contribution in [1.82, 2.24) is 5.32 Å². The minimum atomic E-state index is -1.07. The van der Waals surface area contributed by atoms with Crippen molar-refractivity contribution in [3.63, 3.8) is 0 Å². The van der Waals surface area contributed by atoms with Crippen molar-refractivity contribution in [2.24, 2.45) is 0 Å². The van der Waals surface area contributed by atoms with E-state index in [4.69, 9.17) is 4.74 Å². The number of nitrogens with zero attached hydrogens (tertiary/aromatic N) is 1. The van der Waals surface area contributed by atoms with E-state index in [1.54, 1.807) is 0 Å². The largest absolute Gasteiger partial charge is 0.464 e. The number of rotatable bonds is 3. The van der Waals surface area contributed by atoms with E-state index in [0.717, 1.165) is 15.6 Å². The zero-order valence-electron chi connectivity index (χ0n) is 13.8. The van der Waals surface area contributed by atoms with Crippen molar-refractivity contribution in [1.29, 1.82) is 0 Å². The van der Waals surface area contributed by atoms with Crippen molar-refractivity contribution < 1.29 is 14.5 Å². The molecule has 2 aliphatic heterocycles. The van der Waals surface area contributed by atoms with Gasteiger partial charge in [0.05, 0.1) is 12.5 Å². The second kappa shape index (κ2) is 6.48. The molecule has 2 heterocycles. The van der Waals surface area contributed by atoms with Crippen LogP contribution >= 0.6 is 15.9 Å². The Bertz CT molecular complexity index is 842. The zero-order chi connectivity index (χ0) is 18.3. The Kier molecular flexibility index (Phi) is 4.28. The van der Waals surface area contributed by atoms with E-state index < -0.39 is 29.5 Å². The van der Waals surface area contributed by atoms with E-state index in [-0.39, 0.29) is 11.5 Å². The van der Waals surface area contributed by atoms with E-state index in [2.05, 4.69) is 21.2 Å². The average molecular weight is 417 g/mol. The molecule has 0 aromatic heterocycles. The van der Waals surface area contributed by atoms with Gasteiger partial charge < -0.3 is 4.74 Å². The molecule has 1 N–H and O–H groups in total. The zero-order valence-corrected chi connectivity index (χ0v) is 15.4. The highest BCUT2D eigenvalue weighted by Gasteiger charge is 2.66. The van der Waals surface area contributed by atoms with Crippen molar-refractivity contribution in [2.45, 2.75) is 30.0 Å². The highest BCUT2D eigenvalue weighted by atomic mass is 79.9. The molecular weight excluding hydrogens is 400 g/mol. The van der Waals surface area contributed by atoms with Crippen LogP contribution in [0, 0.1) is 10.1 Å². The van der Waals surface area contributed by atoms with Crippen LogP contribution in [0.5, 0.6) is 0 Å². The predicted octanol–water partition coefficient (Wildman–Crippen LogP) is 3.21. The van der Waals surface area contributed by atoms with Crippen LogP contribution in [-0.2, 0) is 9.53 Å². The Balaban J connectivity index is 1.86. The third-order valence-electron chi connectivity index (χ3n) is 5.35. The van der Waals surface area contributed by atoms with Crippen molar-refractivity contribution in [3.8, 4) is 0 Å². The SMILES string of the molecule is O=C1OCC[C@]12N[C@H](c1ccc(Br)cc1)[C@H]([N+](=O)[O-])[C@H]2c1ccccc1. The number of nitrogens with one attached hydrogen (secondary N) is 1. The summed E-state index contributed by atoms with van der Waals surface area (Å²) in [6.07, 6.45) is 0.419. The predicted molar refractivity (Wildman–Crippen MR) is 98.3 cm³/mol. The molecule has 0 aliphatic carbocycles. The van der Waals surface area contributed by atoms with Gasteiger partial charge in [-0.25, -0.2) is 0 Å². The summed E-state index contributed by atoms with van der Waals surface area (Å²) in [5.74, 6) is -1.000. The molecule has 0 amide bonds. The van der Waals surface area contributed by atoms with Gasteiger partial charge in [0.25, 0.3) is 0 Å². The second-order valence-corrected chi connectivity index (χ2v) is 7.61. The molecule has 26 heavy (non-hydrogen) atoms. The number of cyclic esters (lactones) is 1. The summed E-state index contributed by atoms with van der Waals surface area (Å²) in [5.41, 5.74) is 0.490. The van der Waals surface area contributed by atoms with Crippen LogP contribution in [0.3, 0.4) is 0 Å². The molecule has 0 saturated carbocycles. The van der Waals surface area contributed by atoms with Crippen LogP contribution in [-0.4, -0.2) is 29.1 Å². The third kappa shape index (κ3) is 2.62. The van der Waals surface area contributed by atoms with Crippen LogP contribution in [0.4, 0.5) is 0 Å². The second-order valence-electron chi connectivity index (χ2n) is 6.70. The van der Waals surface area contributed by atoms with Gasteiger partial charge in [-0.15, -0.1) is 0 Å². The lowest BCUT2D eigenvalue weighted by molar-refractivity contribution is -0.527. The number of hydrogen-bond acceptors (Lipinski definition) is 5. The molecule has 2 saturated heterocycles. The highest BCUT2D eigenvalue weighted by molar-refractivity contribution is 9.10. The summed E-state index contributed by atoms with van der Waals surface area (Å²) in [4.78, 5) is 24.5. The van der Waals surface area contributed by atoms with Gasteiger partial charge in [-0.2, -0.15) is 0 Å². The first-order valence-electron chi connectivity index (χ1n) is 8.42. The minimum absolute atomic E-state index is 0.266. The number of benzene rings is 2. The molecule has 4 rings (SSSR count). The van der Waals surface area contributed by atoms with E-state index >= 15 is 0 Å². The van der Waals surface area contributed by atoms with E-state index in [1.165, 1.54) is 0 Å². The van der Waals surface area contributed by atoms with Crippen LogP contribution in [0.15, 0.2) is 59.1 Å². The summed E-state index contributed by atoms with van der Waals surface area (Å²) in [7, 11) is 0. The number of carbonyl (C=O) groups is 1. The fourth-order valence-electron chi connectivity index (χ4n) is 4.22. The summed E-state index contributed by atoms with van der Waals surface area (Å²) in [6, 6.07) is 15.1. The standard InChI is InChI=1S/C19H17BrN2O4/c20-14-8-6-13(7-9-14)16-17(22(24)25)15(12-4-2-1-3-5-12)19(21-16)10-11-26-18(19)23/h1-9,15-17,21H,10-11H2/t15-,16-,17-,19-/m1/s1. The maximum Gasteiger partial charge on any atom is 0.327 e. The Morgan fingerprint density at radius 2 is 1.81 bits per heavy atom. The van der Waals surface area contributed by atoms with Crippen LogP contribution in [0.1, 0.15) is 29.5 Å². The molecule has 6 nitrogen and oxygen atoms in total. The molecule has 0 bridgehead atoms. The summed E-state index contributed by atoms with van der Waals surface area (Å²) < 4.78 is 6.14. The van der Waals surface area contributed by atoms with Gasteiger partial charge in [0, 0.05) is 15.8 Å². The summed E-state index contributed by atoms with van der Waals surface area (Å²) in [5, 5.41) is 15.4. The molecule has 2 aromatic rings. The van der Waals surface area contributed by atoms with Crippen LogP contribution in [0.2, 0.25) is 0 Å². The fraction of sp³-hybridized carbons (Fsp3) is 0.316. The Morgan fingerprint density at radius 3 is 2.38 bits per heavy atom. The van der Waals surface area contributed by atoms with Crippen molar-refractivity contribution in [3.05, 3.63) is 80.3 Å². The summed E-state index contributed by atoms with van der Waals surface area (Å²) >= 11 is 3.39. The monoisotopic (exact) mass is 416 g/mol. The molecule has 2 aromatic carbocycles. The van der Waals surface area contributed by atoms with Gasteiger partial charge in [0.2, 0.25) is 6.04 Å². The van der Waals surface area contributed by atoms with Gasteiger partial charge in [0.1, 0.15) is 11.6 Å². The van der Waals surface area contributed by atoms with Gasteiger partial charge >= 0.3 is 5.97 Å². The lowest BCUT2D eigenvalue weighted by Gasteiger charge is -2.26. The lowest BCUT2D eigenvalue weighted by Crippen LogP contribution is -2.49. The number of hydrogen-bond donors (Lipinski definition) is 1. The normalized spacial score (nSPS) is 30.5. The third-order valence-corrected chi connectivity index (χ3v) is 5.88. The Hall–Kier alpha value is -2.25. The number of ether oxygens (including phenoxy) is 1. The maximum absolute atomic E-state index is 12.7. The Labute approximate surface area is 158 Å². The Morgan fingerprint density at radius 1 is 1.12 bits per heavy atom. The highest BCUT2D eigenvalue weighted by Crippen LogP contribution is 2.49. The number of nitro groups is 1. The average Bonchev–Trinajstić information content (AvgIpc) is 3.18. The van der Waals surface area contributed by atoms with E-state index in [1.807, 2.05) is 54.6 Å². The van der Waals surface area contributed by atoms with Crippen LogP contribution < -0.4 is 5.32 Å². The lowest BCUT2D eigenvalue weighted by atomic mass is 9.76. The van der Waals surface area contributed by atoms with Crippen LogP contribution in [0.25, 0.3) is 0 Å². The number of halogens is 1. The molecule has 0 unspecified atom stereocenters. The molecule has 1 spiro atoms. The van der Waals surface area contributed by atoms with Crippen molar-refractivity contribution >= 4 is 21.9 Å². The summed E-state index contributed by atoms with van der Waals surface area (Å²) in [6.45, 7) is 0.270. The smallest absolute Gasteiger partial charge is 0.327 e. The molecule has 2 fully saturated rings. The molecule has 4 atom stereocenters. The molecule has 7 heteroatoms. The maximum atomic E-state index is 12.7.